The molecular weight excluding hydrogens is 202 g/mol. The van der Waals surface area contributed by atoms with Gasteiger partial charge in [-0.1, -0.05) is 32.3 Å². The fraction of sp³-hybridized carbons (Fsp3) is 0.769. The summed E-state index contributed by atoms with van der Waals surface area (Å²) in [4.78, 5) is 12.7. The van der Waals surface area contributed by atoms with Gasteiger partial charge in [-0.3, -0.25) is 0 Å². The minimum atomic E-state index is -0.856. The van der Waals surface area contributed by atoms with Crippen LogP contribution in [0.15, 0.2) is 12.2 Å². The zero-order valence-electron chi connectivity index (χ0n) is 10.7. The van der Waals surface area contributed by atoms with Crippen LogP contribution in [0.3, 0.4) is 0 Å². The molecule has 0 aliphatic carbocycles. The van der Waals surface area contributed by atoms with E-state index in [4.69, 9.17) is 5.11 Å². The monoisotopic (exact) mass is 227 g/mol. The maximum Gasteiger partial charge on any atom is 0.330 e. The van der Waals surface area contributed by atoms with Gasteiger partial charge < -0.3 is 10.0 Å². The summed E-state index contributed by atoms with van der Waals surface area (Å²) in [5, 5.41) is 8.60. The Morgan fingerprint density at radius 1 is 1.06 bits per heavy atom. The standard InChI is InChI=1S/C13H25NO2/c1-12(13(15)16)10-8-6-4-5-7-9-11-14(2)3/h1,4-11H2,2-3H3,(H,15,16). The molecule has 0 aromatic rings. The summed E-state index contributed by atoms with van der Waals surface area (Å²) in [5.74, 6) is -0.856. The minimum absolute atomic E-state index is 0.340. The van der Waals surface area contributed by atoms with Gasteiger partial charge in [0.2, 0.25) is 0 Å². The Bertz CT molecular complexity index is 212. The van der Waals surface area contributed by atoms with Crippen LogP contribution >= 0.6 is 0 Å². The van der Waals surface area contributed by atoms with E-state index in [1.54, 1.807) is 0 Å². The molecule has 0 aromatic heterocycles. The molecule has 0 aromatic carbocycles. The second kappa shape index (κ2) is 9.40. The summed E-state index contributed by atoms with van der Waals surface area (Å²) in [6, 6.07) is 0. The maximum atomic E-state index is 10.5. The minimum Gasteiger partial charge on any atom is -0.478 e. The van der Waals surface area contributed by atoms with Crippen LogP contribution in [0.25, 0.3) is 0 Å². The fourth-order valence-electron chi connectivity index (χ4n) is 1.58. The van der Waals surface area contributed by atoms with Crippen molar-refractivity contribution < 1.29 is 9.90 Å². The molecular formula is C13H25NO2. The molecule has 16 heavy (non-hydrogen) atoms. The molecule has 0 bridgehead atoms. The first-order chi connectivity index (χ1) is 7.54. The second-order valence-corrected chi connectivity index (χ2v) is 4.58. The van der Waals surface area contributed by atoms with Crippen molar-refractivity contribution in [3.05, 3.63) is 12.2 Å². The van der Waals surface area contributed by atoms with Crippen LogP contribution < -0.4 is 0 Å². The van der Waals surface area contributed by atoms with E-state index in [1.807, 2.05) is 0 Å². The predicted molar refractivity (Wildman–Crippen MR) is 67.6 cm³/mol. The molecule has 0 aliphatic heterocycles. The Labute approximate surface area is 99.1 Å². The summed E-state index contributed by atoms with van der Waals surface area (Å²) in [6.07, 6.45) is 7.71. The number of unbranched alkanes of at least 4 members (excludes halogenated alkanes) is 5. The van der Waals surface area contributed by atoms with E-state index in [0.717, 1.165) is 19.4 Å². The van der Waals surface area contributed by atoms with E-state index in [1.165, 1.54) is 25.7 Å². The van der Waals surface area contributed by atoms with E-state index >= 15 is 0 Å². The average Bonchev–Trinajstić information content (AvgIpc) is 2.21. The van der Waals surface area contributed by atoms with Crippen molar-refractivity contribution in [3.63, 3.8) is 0 Å². The Kier molecular flexibility index (Phi) is 8.91. The van der Waals surface area contributed by atoms with Gasteiger partial charge in [-0.25, -0.2) is 4.79 Å². The zero-order valence-corrected chi connectivity index (χ0v) is 10.7. The first-order valence-corrected chi connectivity index (χ1v) is 6.10. The molecule has 0 radical (unpaired) electrons. The highest BCUT2D eigenvalue weighted by Crippen LogP contribution is 2.10. The number of hydrogen-bond donors (Lipinski definition) is 1. The molecule has 0 unspecified atom stereocenters. The van der Waals surface area contributed by atoms with Gasteiger partial charge >= 0.3 is 5.97 Å². The quantitative estimate of drug-likeness (QED) is 0.461. The second-order valence-electron chi connectivity index (χ2n) is 4.58. The third kappa shape index (κ3) is 9.71. The summed E-state index contributed by atoms with van der Waals surface area (Å²) >= 11 is 0. The SMILES string of the molecule is C=C(CCCCCCCCN(C)C)C(=O)O. The number of carbonyl (C=O) groups is 1. The normalized spacial score (nSPS) is 10.7. The van der Waals surface area contributed by atoms with Crippen molar-refractivity contribution in [1.82, 2.24) is 4.90 Å². The van der Waals surface area contributed by atoms with Gasteiger partial charge in [0, 0.05) is 5.57 Å². The third-order valence-electron chi connectivity index (χ3n) is 2.64. The first kappa shape index (κ1) is 15.2. The van der Waals surface area contributed by atoms with Crippen LogP contribution in [-0.4, -0.2) is 36.6 Å². The Morgan fingerprint density at radius 3 is 2.06 bits per heavy atom. The number of rotatable bonds is 10. The summed E-state index contributed by atoms with van der Waals surface area (Å²) in [5.41, 5.74) is 0.340. The van der Waals surface area contributed by atoms with Crippen LogP contribution in [0.5, 0.6) is 0 Å². The van der Waals surface area contributed by atoms with Crippen LogP contribution in [-0.2, 0) is 4.79 Å². The first-order valence-electron chi connectivity index (χ1n) is 6.10. The molecule has 0 atom stereocenters. The molecule has 1 N–H and O–H groups in total. The van der Waals surface area contributed by atoms with Crippen molar-refractivity contribution in [2.75, 3.05) is 20.6 Å². The summed E-state index contributed by atoms with van der Waals surface area (Å²) in [6.45, 7) is 4.68. The highest BCUT2D eigenvalue weighted by atomic mass is 16.4. The van der Waals surface area contributed by atoms with Gasteiger partial charge in [0.15, 0.2) is 0 Å². The van der Waals surface area contributed by atoms with Crippen LogP contribution in [0.2, 0.25) is 0 Å². The lowest BCUT2D eigenvalue weighted by Crippen LogP contribution is -2.12. The highest BCUT2D eigenvalue weighted by Gasteiger charge is 2.02. The molecule has 0 fully saturated rings. The Hall–Kier alpha value is -0.830. The molecule has 3 heteroatoms. The molecule has 0 aliphatic rings. The lowest BCUT2D eigenvalue weighted by Gasteiger charge is -2.08. The zero-order chi connectivity index (χ0) is 12.4. The van der Waals surface area contributed by atoms with Crippen molar-refractivity contribution in [3.8, 4) is 0 Å². The Balaban J connectivity index is 3.16. The maximum absolute atomic E-state index is 10.5. The van der Waals surface area contributed by atoms with Crippen LogP contribution in [0.1, 0.15) is 44.9 Å². The van der Waals surface area contributed by atoms with E-state index < -0.39 is 5.97 Å². The largest absolute Gasteiger partial charge is 0.478 e. The molecule has 0 saturated carbocycles. The van der Waals surface area contributed by atoms with Crippen molar-refractivity contribution >= 4 is 5.97 Å². The highest BCUT2D eigenvalue weighted by molar-refractivity contribution is 5.85. The van der Waals surface area contributed by atoms with Gasteiger partial charge in [0.1, 0.15) is 0 Å². The third-order valence-corrected chi connectivity index (χ3v) is 2.64. The molecule has 0 spiro atoms. The summed E-state index contributed by atoms with van der Waals surface area (Å²) in [7, 11) is 4.19. The lowest BCUT2D eigenvalue weighted by atomic mass is 10.1. The predicted octanol–water partition coefficient (Wildman–Crippen LogP) is 2.92. The van der Waals surface area contributed by atoms with Gasteiger partial charge in [-0.05, 0) is 39.9 Å². The summed E-state index contributed by atoms with van der Waals surface area (Å²) < 4.78 is 0. The van der Waals surface area contributed by atoms with Crippen LogP contribution in [0, 0.1) is 0 Å². The topological polar surface area (TPSA) is 40.5 Å². The number of aliphatic carboxylic acids is 1. The molecule has 0 heterocycles. The molecule has 94 valence electrons. The molecule has 0 amide bonds. The fourth-order valence-corrected chi connectivity index (χ4v) is 1.58. The van der Waals surface area contributed by atoms with Crippen molar-refractivity contribution in [1.29, 1.82) is 0 Å². The van der Waals surface area contributed by atoms with Gasteiger partial charge in [0.05, 0.1) is 0 Å². The molecule has 3 nitrogen and oxygen atoms in total. The van der Waals surface area contributed by atoms with E-state index in [0.29, 0.717) is 12.0 Å². The van der Waals surface area contributed by atoms with E-state index in [2.05, 4.69) is 25.6 Å². The van der Waals surface area contributed by atoms with E-state index in [9.17, 15) is 4.79 Å². The van der Waals surface area contributed by atoms with E-state index in [-0.39, 0.29) is 0 Å². The van der Waals surface area contributed by atoms with Gasteiger partial charge in [-0.2, -0.15) is 0 Å². The molecule has 0 rings (SSSR count). The number of carboxylic acid groups (broad SMARTS) is 1. The number of nitrogens with zero attached hydrogens (tertiary/aromatic N) is 1. The smallest absolute Gasteiger partial charge is 0.330 e. The number of hydrogen-bond acceptors (Lipinski definition) is 2. The van der Waals surface area contributed by atoms with Crippen molar-refractivity contribution in [2.24, 2.45) is 0 Å². The Morgan fingerprint density at radius 2 is 1.56 bits per heavy atom. The van der Waals surface area contributed by atoms with Gasteiger partial charge in [-0.15, -0.1) is 0 Å². The molecule has 0 saturated heterocycles. The number of carboxylic acids is 1. The van der Waals surface area contributed by atoms with Gasteiger partial charge in [0.25, 0.3) is 0 Å². The van der Waals surface area contributed by atoms with Crippen LogP contribution in [0.4, 0.5) is 0 Å². The van der Waals surface area contributed by atoms with Crippen molar-refractivity contribution in [2.45, 2.75) is 44.9 Å². The lowest BCUT2D eigenvalue weighted by molar-refractivity contribution is -0.132. The average molecular weight is 227 g/mol.